The van der Waals surface area contributed by atoms with Crippen LogP contribution in [-0.4, -0.2) is 17.0 Å². The van der Waals surface area contributed by atoms with Crippen molar-refractivity contribution in [2.75, 3.05) is 0 Å². The molecule has 0 saturated carbocycles. The average Bonchev–Trinajstić information content (AvgIpc) is 2.63. The molecule has 0 radical (unpaired) electrons. The quantitative estimate of drug-likeness (QED) is 0.766. The Bertz CT molecular complexity index is 471. The molecule has 0 spiro atoms. The molecule has 2 aromatic rings. The molecule has 0 amide bonds. The zero-order chi connectivity index (χ0) is 10.1. The van der Waals surface area contributed by atoms with Crippen molar-refractivity contribution >= 4 is 27.2 Å². The van der Waals surface area contributed by atoms with E-state index in [1.165, 1.54) is 18.3 Å². The van der Waals surface area contributed by atoms with Gasteiger partial charge in [0.05, 0.1) is 0 Å². The summed E-state index contributed by atoms with van der Waals surface area (Å²) >= 11 is 1.53. The maximum Gasteiger partial charge on any atom is 0.192 e. The van der Waals surface area contributed by atoms with Crippen LogP contribution in [-0.2, 0) is 0 Å². The Kier molecular flexibility index (Phi) is 2.35. The molecule has 0 aliphatic heterocycles. The fourth-order valence-corrected chi connectivity index (χ4v) is 2.33. The second-order valence-corrected chi connectivity index (χ2v) is 4.10. The number of aliphatic hydroxyl groups excluding tert-OH is 1. The van der Waals surface area contributed by atoms with E-state index in [9.17, 15) is 9.90 Å². The summed E-state index contributed by atoms with van der Waals surface area (Å²) in [5.74, 6) is -0.210. The van der Waals surface area contributed by atoms with Gasteiger partial charge in [-0.15, -0.1) is 11.3 Å². The predicted molar refractivity (Wildman–Crippen MR) is 57.8 cm³/mol. The van der Waals surface area contributed by atoms with Crippen molar-refractivity contribution in [1.29, 1.82) is 0 Å². The Morgan fingerprint density at radius 2 is 2.21 bits per heavy atom. The summed E-state index contributed by atoms with van der Waals surface area (Å²) in [6.07, 6.45) is -0.928. The third-order valence-electron chi connectivity index (χ3n) is 2.12. The number of hydrogen-bond acceptors (Lipinski definition) is 3. The number of benzene rings is 1. The van der Waals surface area contributed by atoms with Crippen LogP contribution in [0.4, 0.5) is 0 Å². The van der Waals surface area contributed by atoms with Crippen LogP contribution in [0.3, 0.4) is 0 Å². The summed E-state index contributed by atoms with van der Waals surface area (Å²) in [7, 11) is 0. The van der Waals surface area contributed by atoms with Gasteiger partial charge in [0, 0.05) is 10.3 Å². The number of carbonyl (C=O) groups is 1. The van der Waals surface area contributed by atoms with Gasteiger partial charge in [0.25, 0.3) is 0 Å². The Labute approximate surface area is 85.8 Å². The minimum Gasteiger partial charge on any atom is -0.385 e. The monoisotopic (exact) mass is 206 g/mol. The standard InChI is InChI=1S/C11H10O2S/c1-7(12)10(13)9-4-2-3-8-5-6-14-11(8)9/h2-7,12H,1H3. The Morgan fingerprint density at radius 1 is 1.43 bits per heavy atom. The summed E-state index contributed by atoms with van der Waals surface area (Å²) in [6, 6.07) is 7.53. The van der Waals surface area contributed by atoms with E-state index in [4.69, 9.17) is 0 Å². The van der Waals surface area contributed by atoms with Crippen LogP contribution < -0.4 is 0 Å². The number of aliphatic hydroxyl groups is 1. The lowest BCUT2D eigenvalue weighted by atomic mass is 10.1. The summed E-state index contributed by atoms with van der Waals surface area (Å²) in [6.45, 7) is 1.49. The Hall–Kier alpha value is -1.19. The zero-order valence-corrected chi connectivity index (χ0v) is 8.54. The van der Waals surface area contributed by atoms with Crippen molar-refractivity contribution in [2.24, 2.45) is 0 Å². The normalized spacial score (nSPS) is 13.0. The van der Waals surface area contributed by atoms with Crippen molar-refractivity contribution < 1.29 is 9.90 Å². The number of hydrogen-bond donors (Lipinski definition) is 1. The topological polar surface area (TPSA) is 37.3 Å². The van der Waals surface area contributed by atoms with Crippen LogP contribution in [0.1, 0.15) is 17.3 Å². The smallest absolute Gasteiger partial charge is 0.192 e. The number of carbonyl (C=O) groups excluding carboxylic acids is 1. The molecule has 0 aliphatic rings. The molecule has 14 heavy (non-hydrogen) atoms. The number of fused-ring (bicyclic) bond motifs is 1. The van der Waals surface area contributed by atoms with Gasteiger partial charge in [0.15, 0.2) is 5.78 Å². The third-order valence-corrected chi connectivity index (χ3v) is 3.09. The van der Waals surface area contributed by atoms with Gasteiger partial charge in [-0.05, 0) is 29.8 Å². The van der Waals surface area contributed by atoms with Crippen molar-refractivity contribution in [2.45, 2.75) is 13.0 Å². The highest BCUT2D eigenvalue weighted by Crippen LogP contribution is 2.25. The summed E-state index contributed by atoms with van der Waals surface area (Å²) < 4.78 is 0.957. The van der Waals surface area contributed by atoms with Gasteiger partial charge in [0.2, 0.25) is 0 Å². The van der Waals surface area contributed by atoms with Gasteiger partial charge in [-0.25, -0.2) is 0 Å². The number of Topliss-reactive ketones (excluding diaryl/α,β-unsaturated/α-hetero) is 1. The number of rotatable bonds is 2. The molecule has 0 aliphatic carbocycles. The van der Waals surface area contributed by atoms with Gasteiger partial charge in [0.1, 0.15) is 6.10 Å². The van der Waals surface area contributed by atoms with Crippen molar-refractivity contribution in [1.82, 2.24) is 0 Å². The number of thiophene rings is 1. The van der Waals surface area contributed by atoms with E-state index in [-0.39, 0.29) is 5.78 Å². The molecule has 0 fully saturated rings. The van der Waals surface area contributed by atoms with E-state index >= 15 is 0 Å². The average molecular weight is 206 g/mol. The van der Waals surface area contributed by atoms with Gasteiger partial charge in [-0.2, -0.15) is 0 Å². The molecule has 1 aromatic heterocycles. The molecule has 1 atom stereocenters. The molecule has 1 N–H and O–H groups in total. The van der Waals surface area contributed by atoms with Crippen molar-refractivity contribution in [3.63, 3.8) is 0 Å². The van der Waals surface area contributed by atoms with Crippen LogP contribution in [0.25, 0.3) is 10.1 Å². The highest BCUT2D eigenvalue weighted by atomic mass is 32.1. The predicted octanol–water partition coefficient (Wildman–Crippen LogP) is 2.46. The van der Waals surface area contributed by atoms with Crippen LogP contribution in [0.2, 0.25) is 0 Å². The molecule has 2 rings (SSSR count). The molecule has 3 heteroatoms. The highest BCUT2D eigenvalue weighted by Gasteiger charge is 2.15. The van der Waals surface area contributed by atoms with E-state index in [1.54, 1.807) is 6.07 Å². The lowest BCUT2D eigenvalue weighted by Gasteiger charge is -2.04. The van der Waals surface area contributed by atoms with Gasteiger partial charge in [-0.1, -0.05) is 12.1 Å². The minimum absolute atomic E-state index is 0.210. The first-order chi connectivity index (χ1) is 6.70. The van der Waals surface area contributed by atoms with Crippen molar-refractivity contribution in [3.05, 3.63) is 35.2 Å². The van der Waals surface area contributed by atoms with E-state index in [0.717, 1.165) is 10.1 Å². The molecule has 0 bridgehead atoms. The van der Waals surface area contributed by atoms with E-state index in [1.807, 2.05) is 23.6 Å². The summed E-state index contributed by atoms with van der Waals surface area (Å²) in [4.78, 5) is 11.6. The summed E-state index contributed by atoms with van der Waals surface area (Å²) in [5.41, 5.74) is 0.618. The first-order valence-electron chi connectivity index (χ1n) is 4.38. The second kappa shape index (κ2) is 3.52. The van der Waals surface area contributed by atoms with Crippen LogP contribution in [0, 0.1) is 0 Å². The molecule has 0 saturated heterocycles. The first-order valence-corrected chi connectivity index (χ1v) is 5.26. The Morgan fingerprint density at radius 3 is 2.93 bits per heavy atom. The lowest BCUT2D eigenvalue weighted by molar-refractivity contribution is 0.0781. The second-order valence-electron chi connectivity index (χ2n) is 3.18. The molecule has 1 unspecified atom stereocenters. The minimum atomic E-state index is -0.928. The third kappa shape index (κ3) is 1.45. The lowest BCUT2D eigenvalue weighted by Crippen LogP contribution is -2.15. The van der Waals surface area contributed by atoms with Crippen LogP contribution >= 0.6 is 11.3 Å². The summed E-state index contributed by atoms with van der Waals surface area (Å²) in [5, 5.41) is 12.2. The van der Waals surface area contributed by atoms with E-state index in [0.29, 0.717) is 5.56 Å². The first kappa shape index (κ1) is 9.37. The zero-order valence-electron chi connectivity index (χ0n) is 7.73. The van der Waals surface area contributed by atoms with Gasteiger partial charge < -0.3 is 5.11 Å². The molecular formula is C11H10O2S. The van der Waals surface area contributed by atoms with Crippen LogP contribution in [0.5, 0.6) is 0 Å². The van der Waals surface area contributed by atoms with E-state index < -0.39 is 6.10 Å². The molecular weight excluding hydrogens is 196 g/mol. The maximum atomic E-state index is 11.6. The van der Waals surface area contributed by atoms with Gasteiger partial charge >= 0.3 is 0 Å². The maximum absolute atomic E-state index is 11.6. The number of ketones is 1. The Balaban J connectivity index is 2.62. The van der Waals surface area contributed by atoms with E-state index in [2.05, 4.69) is 0 Å². The molecule has 2 nitrogen and oxygen atoms in total. The molecule has 1 aromatic carbocycles. The van der Waals surface area contributed by atoms with Crippen LogP contribution in [0.15, 0.2) is 29.6 Å². The fraction of sp³-hybridized carbons (Fsp3) is 0.182. The SMILES string of the molecule is CC(O)C(=O)c1cccc2ccsc12. The van der Waals surface area contributed by atoms with Gasteiger partial charge in [-0.3, -0.25) is 4.79 Å². The molecule has 1 heterocycles. The highest BCUT2D eigenvalue weighted by molar-refractivity contribution is 7.17. The largest absolute Gasteiger partial charge is 0.385 e. The fourth-order valence-electron chi connectivity index (χ4n) is 1.41. The molecule has 72 valence electrons. The van der Waals surface area contributed by atoms with Crippen molar-refractivity contribution in [3.8, 4) is 0 Å².